The molecule has 0 bridgehead atoms. The molecule has 0 aromatic carbocycles. The van der Waals surface area contributed by atoms with Crippen LogP contribution in [-0.4, -0.2) is 58.9 Å². The van der Waals surface area contributed by atoms with Crippen molar-refractivity contribution in [3.05, 3.63) is 12.2 Å². The Morgan fingerprint density at radius 2 is 2.12 bits per heavy atom. The lowest BCUT2D eigenvalue weighted by Gasteiger charge is -2.17. The van der Waals surface area contributed by atoms with E-state index in [9.17, 15) is 15.3 Å². The van der Waals surface area contributed by atoms with E-state index in [4.69, 9.17) is 5.73 Å². The molecule has 0 saturated carbocycles. The number of hydrogen-bond acceptors (Lipinski definition) is 8. The van der Waals surface area contributed by atoms with Gasteiger partial charge in [0.15, 0.2) is 11.5 Å². The van der Waals surface area contributed by atoms with Crippen LogP contribution < -0.4 is 5.73 Å². The van der Waals surface area contributed by atoms with Gasteiger partial charge in [0, 0.05) is 6.42 Å². The Morgan fingerprint density at radius 1 is 1.32 bits per heavy atom. The van der Waals surface area contributed by atoms with Crippen molar-refractivity contribution in [1.82, 2.24) is 19.5 Å². The van der Waals surface area contributed by atoms with Crippen molar-refractivity contribution in [1.29, 1.82) is 0 Å². The smallest absolute Gasteiger partial charge is 0.208 e. The van der Waals surface area contributed by atoms with Crippen molar-refractivity contribution in [3.63, 3.8) is 0 Å². The van der Waals surface area contributed by atoms with Crippen molar-refractivity contribution >= 4 is 28.7 Å². The Labute approximate surface area is 149 Å². The number of aliphatic hydroxyl groups excluding tert-OH is 3. The molecule has 0 spiro atoms. The Bertz CT molecular complexity index is 815. The molecule has 0 unspecified atom stereocenters. The second kappa shape index (κ2) is 7.58. The lowest BCUT2D eigenvalue weighted by atomic mass is 10.1. The first kappa shape index (κ1) is 17.9. The number of hydrogen-bond donors (Lipinski definition) is 4. The van der Waals surface area contributed by atoms with Crippen molar-refractivity contribution in [2.45, 2.75) is 49.0 Å². The molecule has 5 N–H and O–H groups in total. The van der Waals surface area contributed by atoms with E-state index in [0.29, 0.717) is 17.0 Å². The SMILES string of the molecule is CCCCC#Cc1nc(N)c2ncn([C@@H]3S[C@H](CO)[C@@H](O)[C@H]3O)c2n1. The fraction of sp³-hybridized carbons (Fsp3) is 0.562. The minimum absolute atomic E-state index is 0.222. The van der Waals surface area contributed by atoms with Gasteiger partial charge in [-0.2, -0.15) is 0 Å². The Morgan fingerprint density at radius 3 is 2.80 bits per heavy atom. The molecule has 1 saturated heterocycles. The average Bonchev–Trinajstić information content (AvgIpc) is 3.14. The predicted octanol–water partition coefficient (Wildman–Crippen LogP) is 0.278. The molecule has 2 aromatic rings. The van der Waals surface area contributed by atoms with Crippen molar-refractivity contribution < 1.29 is 15.3 Å². The summed E-state index contributed by atoms with van der Waals surface area (Å²) in [6.45, 7) is 1.87. The molecule has 2 aromatic heterocycles. The number of anilines is 1. The number of aliphatic hydroxyl groups is 3. The first-order chi connectivity index (χ1) is 12.1. The van der Waals surface area contributed by atoms with Gasteiger partial charge in [-0.25, -0.2) is 15.0 Å². The third-order valence-electron chi connectivity index (χ3n) is 4.10. The minimum Gasteiger partial charge on any atom is -0.395 e. The minimum atomic E-state index is -1.05. The van der Waals surface area contributed by atoms with Gasteiger partial charge in [-0.05, 0) is 12.3 Å². The summed E-state index contributed by atoms with van der Waals surface area (Å²) < 4.78 is 1.65. The van der Waals surface area contributed by atoms with Crippen LogP contribution >= 0.6 is 11.8 Å². The molecule has 8 nitrogen and oxygen atoms in total. The van der Waals surface area contributed by atoms with E-state index >= 15 is 0 Å². The molecule has 3 heterocycles. The number of rotatable bonds is 4. The molecule has 134 valence electrons. The Kier molecular flexibility index (Phi) is 5.44. The summed E-state index contributed by atoms with van der Waals surface area (Å²) in [5, 5.41) is 28.7. The van der Waals surface area contributed by atoms with Gasteiger partial charge >= 0.3 is 0 Å². The zero-order valence-electron chi connectivity index (χ0n) is 13.8. The monoisotopic (exact) mass is 363 g/mol. The highest BCUT2D eigenvalue weighted by molar-refractivity contribution is 8.00. The third-order valence-corrected chi connectivity index (χ3v) is 5.66. The number of aromatic nitrogens is 4. The van der Waals surface area contributed by atoms with E-state index in [1.807, 2.05) is 0 Å². The number of nitrogen functional groups attached to an aromatic ring is 1. The van der Waals surface area contributed by atoms with Gasteiger partial charge in [-0.1, -0.05) is 19.3 Å². The summed E-state index contributed by atoms with van der Waals surface area (Å²) in [5.41, 5.74) is 6.84. The molecule has 0 amide bonds. The maximum Gasteiger partial charge on any atom is 0.208 e. The summed E-state index contributed by atoms with van der Waals surface area (Å²) in [7, 11) is 0. The van der Waals surface area contributed by atoms with E-state index < -0.39 is 22.8 Å². The van der Waals surface area contributed by atoms with E-state index in [2.05, 4.69) is 33.7 Å². The second-order valence-corrected chi connectivity index (χ2v) is 7.25. The fourth-order valence-electron chi connectivity index (χ4n) is 2.70. The quantitative estimate of drug-likeness (QED) is 0.450. The Hall–Kier alpha value is -1.86. The molecule has 0 radical (unpaired) electrons. The number of fused-ring (bicyclic) bond motifs is 1. The van der Waals surface area contributed by atoms with Gasteiger partial charge in [-0.3, -0.25) is 4.57 Å². The highest BCUT2D eigenvalue weighted by atomic mass is 32.2. The molecule has 1 aliphatic rings. The largest absolute Gasteiger partial charge is 0.395 e. The zero-order chi connectivity index (χ0) is 18.0. The van der Waals surface area contributed by atoms with Crippen LogP contribution in [0.15, 0.2) is 6.33 Å². The molecule has 9 heteroatoms. The van der Waals surface area contributed by atoms with Crippen molar-refractivity contribution in [2.24, 2.45) is 0 Å². The number of thioether (sulfide) groups is 1. The van der Waals surface area contributed by atoms with E-state index in [1.165, 1.54) is 18.1 Å². The molecule has 1 aliphatic heterocycles. The molecular formula is C16H21N5O3S. The number of unbranched alkanes of at least 4 members (excludes halogenated alkanes) is 2. The summed E-state index contributed by atoms with van der Waals surface area (Å²) in [6, 6.07) is 0. The number of nitrogens with two attached hydrogens (primary N) is 1. The van der Waals surface area contributed by atoms with Crippen molar-refractivity contribution in [2.75, 3.05) is 12.3 Å². The van der Waals surface area contributed by atoms with Crippen LogP contribution in [0, 0.1) is 11.8 Å². The maximum absolute atomic E-state index is 10.3. The zero-order valence-corrected chi connectivity index (χ0v) is 14.6. The summed E-state index contributed by atoms with van der Waals surface area (Å²) >= 11 is 1.27. The topological polar surface area (TPSA) is 130 Å². The lowest BCUT2D eigenvalue weighted by Crippen LogP contribution is -2.32. The molecule has 25 heavy (non-hydrogen) atoms. The van der Waals surface area contributed by atoms with Crippen molar-refractivity contribution in [3.8, 4) is 11.8 Å². The van der Waals surface area contributed by atoms with E-state index in [1.54, 1.807) is 4.57 Å². The van der Waals surface area contributed by atoms with Crippen LogP contribution in [-0.2, 0) is 0 Å². The summed E-state index contributed by atoms with van der Waals surface area (Å²) in [4.78, 5) is 12.8. The molecule has 3 rings (SSSR count). The summed E-state index contributed by atoms with van der Waals surface area (Å²) in [5.74, 6) is 6.46. The van der Waals surface area contributed by atoms with Gasteiger partial charge in [0.05, 0.1) is 24.3 Å². The predicted molar refractivity (Wildman–Crippen MR) is 95.7 cm³/mol. The fourth-order valence-corrected chi connectivity index (χ4v) is 4.07. The Balaban J connectivity index is 1.97. The third kappa shape index (κ3) is 3.43. The molecule has 4 atom stereocenters. The second-order valence-electron chi connectivity index (χ2n) is 5.89. The first-order valence-corrected chi connectivity index (χ1v) is 9.12. The molecule has 0 aliphatic carbocycles. The normalized spacial score (nSPS) is 25.9. The van der Waals surface area contributed by atoms with Gasteiger partial charge < -0.3 is 21.1 Å². The van der Waals surface area contributed by atoms with Crippen LogP contribution in [0.5, 0.6) is 0 Å². The lowest BCUT2D eigenvalue weighted by molar-refractivity contribution is 0.0113. The van der Waals surface area contributed by atoms with Crippen LogP contribution in [0.2, 0.25) is 0 Å². The van der Waals surface area contributed by atoms with Gasteiger partial charge in [0.25, 0.3) is 0 Å². The van der Waals surface area contributed by atoms with E-state index in [0.717, 1.165) is 19.3 Å². The van der Waals surface area contributed by atoms with Gasteiger partial charge in [-0.15, -0.1) is 11.8 Å². The standard InChI is InChI=1S/C16H21N5O3S/c1-2-3-4-5-6-10-19-14(17)11-15(20-10)21(8-18-11)16-13(24)12(23)9(7-22)25-16/h8-9,12-13,16,22-24H,2-4,7H2,1H3,(H2,17,19,20)/t9-,12-,13-,16-/m1/s1. The highest BCUT2D eigenvalue weighted by Crippen LogP contribution is 2.42. The first-order valence-electron chi connectivity index (χ1n) is 8.18. The molecule has 1 fully saturated rings. The van der Waals surface area contributed by atoms with Gasteiger partial charge in [0.1, 0.15) is 17.0 Å². The summed E-state index contributed by atoms with van der Waals surface area (Å²) in [6.07, 6.45) is 2.28. The van der Waals surface area contributed by atoms with Crippen LogP contribution in [0.3, 0.4) is 0 Å². The average molecular weight is 363 g/mol. The van der Waals surface area contributed by atoms with E-state index in [-0.39, 0.29) is 12.4 Å². The maximum atomic E-state index is 10.3. The number of imidazole rings is 1. The number of nitrogens with zero attached hydrogens (tertiary/aromatic N) is 4. The highest BCUT2D eigenvalue weighted by Gasteiger charge is 2.43. The molecular weight excluding hydrogens is 342 g/mol. The van der Waals surface area contributed by atoms with Crippen LogP contribution in [0.25, 0.3) is 11.2 Å². The van der Waals surface area contributed by atoms with Crippen LogP contribution in [0.1, 0.15) is 37.4 Å². The van der Waals surface area contributed by atoms with Crippen LogP contribution in [0.4, 0.5) is 5.82 Å². The van der Waals surface area contributed by atoms with Gasteiger partial charge in [0.2, 0.25) is 5.82 Å².